The maximum absolute atomic E-state index is 5.67. The zero-order chi connectivity index (χ0) is 16.3. The van der Waals surface area contributed by atoms with Gasteiger partial charge in [-0.25, -0.2) is 0 Å². The Hall–Kier alpha value is -0.720. The van der Waals surface area contributed by atoms with E-state index in [0.29, 0.717) is 0 Å². The van der Waals surface area contributed by atoms with Crippen LogP contribution in [0.3, 0.4) is 0 Å². The minimum absolute atomic E-state index is 0.808. The quantitative estimate of drug-likeness (QED) is 0.255. The Kier molecular flexibility index (Phi) is 8.86. The number of hydrogen-bond acceptors (Lipinski definition) is 1. The molecule has 0 aromatic rings. The lowest BCUT2D eigenvalue weighted by molar-refractivity contribution is 0.108. The standard InChI is InChI=1S/C22H38O/c1-3-5-7-8-19-9-13-21(14-10-19)22-15-11-20(12-16-22)18-23-17-6-4-2/h3,6,17,19-22H,1,4-5,7-16,18H2,2H3/b17-6-/t19-,20?,21-,22?. The lowest BCUT2D eigenvalue weighted by Gasteiger charge is -2.37. The monoisotopic (exact) mass is 318 g/mol. The molecule has 2 saturated carbocycles. The molecule has 0 aromatic carbocycles. The Labute approximate surface area is 144 Å². The third-order valence-electron chi connectivity index (χ3n) is 6.23. The van der Waals surface area contributed by atoms with Gasteiger partial charge >= 0.3 is 0 Å². The van der Waals surface area contributed by atoms with E-state index in [1.54, 1.807) is 0 Å². The number of hydrogen-bond donors (Lipinski definition) is 0. The molecule has 0 atom stereocenters. The smallest absolute Gasteiger partial charge is 0.0901 e. The molecule has 0 radical (unpaired) electrons. The molecule has 0 heterocycles. The first-order valence-corrected chi connectivity index (χ1v) is 10.2. The second-order valence-electron chi connectivity index (χ2n) is 7.89. The van der Waals surface area contributed by atoms with Crippen molar-refractivity contribution in [2.24, 2.45) is 23.7 Å². The van der Waals surface area contributed by atoms with Gasteiger partial charge in [0, 0.05) is 0 Å². The van der Waals surface area contributed by atoms with Gasteiger partial charge in [0.1, 0.15) is 0 Å². The predicted molar refractivity (Wildman–Crippen MR) is 100 cm³/mol. The lowest BCUT2D eigenvalue weighted by atomic mass is 9.69. The van der Waals surface area contributed by atoms with E-state index in [1.807, 2.05) is 6.26 Å². The molecule has 132 valence electrons. The van der Waals surface area contributed by atoms with E-state index in [9.17, 15) is 0 Å². The van der Waals surface area contributed by atoms with Crippen molar-refractivity contribution in [3.63, 3.8) is 0 Å². The molecule has 0 aromatic heterocycles. The van der Waals surface area contributed by atoms with Gasteiger partial charge in [0.15, 0.2) is 0 Å². The Bertz CT molecular complexity index is 330. The molecule has 23 heavy (non-hydrogen) atoms. The largest absolute Gasteiger partial charge is 0.501 e. The molecule has 1 heteroatoms. The summed E-state index contributed by atoms with van der Waals surface area (Å²) < 4.78 is 5.67. The van der Waals surface area contributed by atoms with Crippen molar-refractivity contribution in [2.75, 3.05) is 6.61 Å². The minimum Gasteiger partial charge on any atom is -0.501 e. The highest BCUT2D eigenvalue weighted by Crippen LogP contribution is 2.42. The fraction of sp³-hybridized carbons (Fsp3) is 0.818. The first-order chi connectivity index (χ1) is 11.3. The molecule has 0 saturated heterocycles. The molecule has 2 fully saturated rings. The van der Waals surface area contributed by atoms with E-state index in [4.69, 9.17) is 4.74 Å². The molecule has 0 spiro atoms. The van der Waals surface area contributed by atoms with Gasteiger partial charge in [-0.2, -0.15) is 0 Å². The first-order valence-electron chi connectivity index (χ1n) is 10.2. The topological polar surface area (TPSA) is 9.23 Å². The summed E-state index contributed by atoms with van der Waals surface area (Å²) in [5.41, 5.74) is 0. The van der Waals surface area contributed by atoms with Gasteiger partial charge in [0.25, 0.3) is 0 Å². The summed E-state index contributed by atoms with van der Waals surface area (Å²) in [6.45, 7) is 6.93. The molecule has 0 amide bonds. The normalized spacial score (nSPS) is 32.0. The predicted octanol–water partition coefficient (Wildman–Crippen LogP) is 6.90. The van der Waals surface area contributed by atoms with Crippen molar-refractivity contribution in [1.29, 1.82) is 0 Å². The van der Waals surface area contributed by atoms with Gasteiger partial charge in [-0.05, 0) is 81.5 Å². The second kappa shape index (κ2) is 10.9. The van der Waals surface area contributed by atoms with Crippen LogP contribution in [0.15, 0.2) is 25.0 Å². The molecule has 0 bridgehead atoms. The van der Waals surface area contributed by atoms with Gasteiger partial charge in [0.05, 0.1) is 12.9 Å². The Balaban J connectivity index is 1.59. The molecule has 1 nitrogen and oxygen atoms in total. The summed E-state index contributed by atoms with van der Waals surface area (Å²) >= 11 is 0. The molecule has 0 aliphatic heterocycles. The van der Waals surface area contributed by atoms with Crippen molar-refractivity contribution in [3.05, 3.63) is 25.0 Å². The maximum Gasteiger partial charge on any atom is 0.0901 e. The van der Waals surface area contributed by atoms with Crippen LogP contribution in [0, 0.1) is 23.7 Å². The van der Waals surface area contributed by atoms with Crippen LogP contribution in [0.25, 0.3) is 0 Å². The van der Waals surface area contributed by atoms with E-state index < -0.39 is 0 Å². The van der Waals surface area contributed by atoms with E-state index in [-0.39, 0.29) is 0 Å². The fourth-order valence-electron chi connectivity index (χ4n) is 4.68. The maximum atomic E-state index is 5.67. The second-order valence-corrected chi connectivity index (χ2v) is 7.89. The van der Waals surface area contributed by atoms with E-state index in [2.05, 4.69) is 25.7 Å². The van der Waals surface area contributed by atoms with Gasteiger partial charge in [0.2, 0.25) is 0 Å². The van der Waals surface area contributed by atoms with Gasteiger partial charge in [-0.3, -0.25) is 0 Å². The fourth-order valence-corrected chi connectivity index (χ4v) is 4.68. The van der Waals surface area contributed by atoms with Gasteiger partial charge < -0.3 is 4.74 Å². The molecule has 0 N–H and O–H groups in total. The molecule has 2 aliphatic rings. The lowest BCUT2D eigenvalue weighted by Crippen LogP contribution is -2.27. The Morgan fingerprint density at radius 1 is 0.913 bits per heavy atom. The van der Waals surface area contributed by atoms with Gasteiger partial charge in [-0.15, -0.1) is 6.58 Å². The Morgan fingerprint density at radius 2 is 1.52 bits per heavy atom. The van der Waals surface area contributed by atoms with Crippen molar-refractivity contribution < 1.29 is 4.74 Å². The summed E-state index contributed by atoms with van der Waals surface area (Å²) in [6.07, 6.45) is 22.9. The summed E-state index contributed by atoms with van der Waals surface area (Å²) in [6, 6.07) is 0. The summed E-state index contributed by atoms with van der Waals surface area (Å²) in [7, 11) is 0. The zero-order valence-corrected chi connectivity index (χ0v) is 15.3. The van der Waals surface area contributed by atoms with Crippen molar-refractivity contribution in [2.45, 2.75) is 84.0 Å². The van der Waals surface area contributed by atoms with E-state index in [0.717, 1.165) is 36.7 Å². The summed E-state index contributed by atoms with van der Waals surface area (Å²) in [4.78, 5) is 0. The number of ether oxygens (including phenoxy) is 1. The third kappa shape index (κ3) is 6.73. The van der Waals surface area contributed by atoms with Crippen molar-refractivity contribution in [1.82, 2.24) is 0 Å². The van der Waals surface area contributed by atoms with Crippen LogP contribution in [0.5, 0.6) is 0 Å². The van der Waals surface area contributed by atoms with Crippen molar-refractivity contribution >= 4 is 0 Å². The highest BCUT2D eigenvalue weighted by molar-refractivity contribution is 4.83. The van der Waals surface area contributed by atoms with Crippen LogP contribution in [0.1, 0.15) is 84.0 Å². The highest BCUT2D eigenvalue weighted by Gasteiger charge is 2.30. The molecular formula is C22H38O. The minimum atomic E-state index is 0.808. The summed E-state index contributed by atoms with van der Waals surface area (Å²) in [5, 5.41) is 0. The van der Waals surface area contributed by atoms with Crippen molar-refractivity contribution in [3.8, 4) is 0 Å². The Morgan fingerprint density at radius 3 is 2.09 bits per heavy atom. The molecular weight excluding hydrogens is 280 g/mol. The zero-order valence-electron chi connectivity index (χ0n) is 15.3. The van der Waals surface area contributed by atoms with Crippen LogP contribution in [-0.4, -0.2) is 6.61 Å². The van der Waals surface area contributed by atoms with Crippen LogP contribution in [0.4, 0.5) is 0 Å². The third-order valence-corrected chi connectivity index (χ3v) is 6.23. The van der Waals surface area contributed by atoms with Crippen LogP contribution < -0.4 is 0 Å². The number of allylic oxidation sites excluding steroid dienone is 2. The highest BCUT2D eigenvalue weighted by atomic mass is 16.5. The molecule has 2 aliphatic carbocycles. The van der Waals surface area contributed by atoms with Gasteiger partial charge in [-0.1, -0.05) is 38.3 Å². The number of unbranched alkanes of at least 4 members (excludes halogenated alkanes) is 1. The van der Waals surface area contributed by atoms with Crippen LogP contribution in [0.2, 0.25) is 0 Å². The first kappa shape index (κ1) is 18.6. The molecule has 2 rings (SSSR count). The van der Waals surface area contributed by atoms with Crippen LogP contribution >= 0.6 is 0 Å². The van der Waals surface area contributed by atoms with Crippen LogP contribution in [-0.2, 0) is 4.74 Å². The van der Waals surface area contributed by atoms with E-state index in [1.165, 1.54) is 70.6 Å². The summed E-state index contributed by atoms with van der Waals surface area (Å²) in [5.74, 6) is 3.88. The average Bonchev–Trinajstić information content (AvgIpc) is 2.60. The average molecular weight is 319 g/mol. The molecule has 0 unspecified atom stereocenters. The SMILES string of the molecule is C=CCCC[C@H]1CC[C@H](C2CCC(CO/C=C\CC)CC2)CC1. The number of rotatable bonds is 9. The van der Waals surface area contributed by atoms with E-state index >= 15 is 0 Å².